The molecule has 34 heavy (non-hydrogen) atoms. The van der Waals surface area contributed by atoms with Crippen LogP contribution in [0.2, 0.25) is 0 Å². The van der Waals surface area contributed by atoms with E-state index in [0.29, 0.717) is 35.8 Å². The minimum Gasteiger partial charge on any atom is -0.477 e. The third-order valence-corrected chi connectivity index (χ3v) is 7.50. The molecular weight excluding hydrogens is 436 g/mol. The van der Waals surface area contributed by atoms with E-state index in [1.165, 1.54) is 18.0 Å². The fourth-order valence-electron chi connectivity index (χ4n) is 6.01. The molecule has 5 rings (SSSR count). The fraction of sp³-hybridized carbons (Fsp3) is 0.720. The zero-order valence-electron chi connectivity index (χ0n) is 20.8. The predicted molar refractivity (Wildman–Crippen MR) is 127 cm³/mol. The molecule has 9 nitrogen and oxygen atoms in total. The number of rotatable bonds is 9. The lowest BCUT2D eigenvalue weighted by molar-refractivity contribution is -0.137. The van der Waals surface area contributed by atoms with Crippen LogP contribution in [-0.2, 0) is 9.63 Å². The van der Waals surface area contributed by atoms with Crippen molar-refractivity contribution >= 4 is 18.0 Å². The maximum atomic E-state index is 13.4. The molecule has 4 bridgehead atoms. The van der Waals surface area contributed by atoms with E-state index in [0.717, 1.165) is 32.1 Å². The first-order chi connectivity index (χ1) is 16.0. The number of hydrogen-bond acceptors (Lipinski definition) is 6. The van der Waals surface area contributed by atoms with Crippen LogP contribution in [-0.4, -0.2) is 52.1 Å². The van der Waals surface area contributed by atoms with E-state index in [9.17, 15) is 14.7 Å². The van der Waals surface area contributed by atoms with E-state index < -0.39 is 11.0 Å². The topological polar surface area (TPSA) is 115 Å². The number of hydroxylamine groups is 1. The molecule has 0 aromatic carbocycles. The molecule has 1 heterocycles. The van der Waals surface area contributed by atoms with Gasteiger partial charge in [0.15, 0.2) is 0 Å². The van der Waals surface area contributed by atoms with Crippen molar-refractivity contribution < 1.29 is 24.3 Å². The van der Waals surface area contributed by atoms with Gasteiger partial charge in [-0.05, 0) is 69.6 Å². The van der Waals surface area contributed by atoms with Crippen molar-refractivity contribution in [1.29, 1.82) is 0 Å². The molecule has 4 aliphatic carbocycles. The number of nitrogens with one attached hydrogen (secondary N) is 2. The van der Waals surface area contributed by atoms with Crippen LogP contribution >= 0.6 is 0 Å². The summed E-state index contributed by atoms with van der Waals surface area (Å²) in [5.41, 5.74) is 1.31. The van der Waals surface area contributed by atoms with Gasteiger partial charge in [0.25, 0.3) is 11.8 Å². The van der Waals surface area contributed by atoms with E-state index in [-0.39, 0.29) is 23.8 Å². The minimum atomic E-state index is -0.861. The Balaban J connectivity index is 1.53. The summed E-state index contributed by atoms with van der Waals surface area (Å²) in [7, 11) is 1.39. The van der Waals surface area contributed by atoms with Gasteiger partial charge in [-0.1, -0.05) is 19.9 Å². The normalized spacial score (nSPS) is 30.2. The van der Waals surface area contributed by atoms with Crippen molar-refractivity contribution in [2.75, 3.05) is 13.7 Å². The number of carbonyl (C=O) groups excluding carboxylic acids is 2. The Kier molecular flexibility index (Phi) is 6.79. The van der Waals surface area contributed by atoms with Crippen LogP contribution in [0.1, 0.15) is 70.2 Å². The second kappa shape index (κ2) is 9.34. The first-order valence-corrected chi connectivity index (χ1v) is 12.3. The molecule has 2 amide bonds. The number of nitrogens with zero attached hydrogens (tertiary/aromatic N) is 2. The summed E-state index contributed by atoms with van der Waals surface area (Å²) in [6.07, 6.45) is 9.43. The molecule has 3 N–H and O–H groups in total. The van der Waals surface area contributed by atoms with E-state index in [4.69, 9.17) is 9.57 Å². The smallest absolute Gasteiger partial charge is 0.258 e. The summed E-state index contributed by atoms with van der Waals surface area (Å²) >= 11 is 0. The lowest BCUT2D eigenvalue weighted by Crippen LogP contribution is -2.61. The summed E-state index contributed by atoms with van der Waals surface area (Å²) in [4.78, 5) is 30.3. The molecule has 2 unspecified atom stereocenters. The van der Waals surface area contributed by atoms with E-state index >= 15 is 0 Å². The largest absolute Gasteiger partial charge is 0.477 e. The number of hydrogen-bond donors (Lipinski definition) is 3. The van der Waals surface area contributed by atoms with Crippen LogP contribution in [0.3, 0.4) is 0 Å². The molecule has 0 saturated heterocycles. The highest BCUT2D eigenvalue weighted by atomic mass is 16.6. The van der Waals surface area contributed by atoms with Crippen molar-refractivity contribution in [2.45, 2.75) is 71.4 Å². The molecule has 4 aliphatic rings. The average molecular weight is 475 g/mol. The van der Waals surface area contributed by atoms with Gasteiger partial charge in [-0.2, -0.15) is 5.10 Å². The Hall–Kier alpha value is -2.39. The van der Waals surface area contributed by atoms with E-state index in [2.05, 4.69) is 15.9 Å². The van der Waals surface area contributed by atoms with Gasteiger partial charge in [0, 0.05) is 12.2 Å². The Morgan fingerprint density at radius 3 is 2.56 bits per heavy atom. The quantitative estimate of drug-likeness (QED) is 0.474. The van der Waals surface area contributed by atoms with Crippen molar-refractivity contribution in [3.8, 4) is 5.88 Å². The van der Waals surface area contributed by atoms with Gasteiger partial charge < -0.3 is 15.2 Å². The highest BCUT2D eigenvalue weighted by molar-refractivity contribution is 5.96. The first kappa shape index (κ1) is 24.7. The molecular formula is C25H38N4O5. The van der Waals surface area contributed by atoms with Crippen LogP contribution < -0.4 is 15.5 Å². The SMILES string of the molecule is CONC(=O)C(C)(C)C=Cn1ncc(C(=O)NC2C3CC4CC2CC(O)(C4)C3)c1OCC(C)C. The summed E-state index contributed by atoms with van der Waals surface area (Å²) in [6, 6.07) is 0.0674. The third-order valence-electron chi connectivity index (χ3n) is 7.50. The predicted octanol–water partition coefficient (Wildman–Crippen LogP) is 2.76. The number of ether oxygens (including phenoxy) is 1. The van der Waals surface area contributed by atoms with Gasteiger partial charge >= 0.3 is 0 Å². The Bertz CT molecular complexity index is 937. The molecule has 0 spiro atoms. The maximum absolute atomic E-state index is 13.4. The number of aromatic nitrogens is 2. The van der Waals surface area contributed by atoms with Crippen LogP contribution in [0, 0.1) is 29.1 Å². The van der Waals surface area contributed by atoms with Crippen LogP contribution in [0.4, 0.5) is 0 Å². The lowest BCUT2D eigenvalue weighted by atomic mass is 9.52. The second-order valence-corrected chi connectivity index (χ2v) is 11.4. The number of amides is 2. The van der Waals surface area contributed by atoms with Crippen LogP contribution in [0.15, 0.2) is 12.3 Å². The molecule has 1 aromatic heterocycles. The Morgan fingerprint density at radius 2 is 1.97 bits per heavy atom. The van der Waals surface area contributed by atoms with Crippen molar-refractivity contribution in [2.24, 2.45) is 29.1 Å². The van der Waals surface area contributed by atoms with Crippen molar-refractivity contribution in [1.82, 2.24) is 20.6 Å². The maximum Gasteiger partial charge on any atom is 0.258 e. The zero-order chi connectivity index (χ0) is 24.7. The Labute approximate surface area is 201 Å². The molecule has 4 saturated carbocycles. The standard InChI is InChI=1S/C25H38N4O5/c1-15(2)14-34-22-19(13-26-29(22)7-6-24(3,4)23(31)28-33-5)21(30)27-20-17-8-16-9-18(20)12-25(32,10-16)11-17/h6-7,13,15-18,20,32H,8-12,14H2,1-5H3,(H,27,30)(H,28,31). The molecule has 188 valence electrons. The highest BCUT2D eigenvalue weighted by Gasteiger charge is 2.55. The molecule has 2 atom stereocenters. The molecule has 0 aliphatic heterocycles. The minimum absolute atomic E-state index is 0.0674. The van der Waals surface area contributed by atoms with E-state index in [1.807, 2.05) is 13.8 Å². The van der Waals surface area contributed by atoms with Gasteiger partial charge in [-0.15, -0.1) is 0 Å². The van der Waals surface area contributed by atoms with E-state index in [1.54, 1.807) is 26.1 Å². The monoisotopic (exact) mass is 474 g/mol. The fourth-order valence-corrected chi connectivity index (χ4v) is 6.01. The number of aliphatic hydroxyl groups is 1. The summed E-state index contributed by atoms with van der Waals surface area (Å²) in [5, 5.41) is 18.5. The lowest BCUT2D eigenvalue weighted by Gasteiger charge is -2.58. The highest BCUT2D eigenvalue weighted by Crippen LogP contribution is 2.55. The van der Waals surface area contributed by atoms with Gasteiger partial charge in [0.2, 0.25) is 5.88 Å². The Morgan fingerprint density at radius 1 is 1.29 bits per heavy atom. The summed E-state index contributed by atoms with van der Waals surface area (Å²) < 4.78 is 7.51. The second-order valence-electron chi connectivity index (χ2n) is 11.4. The van der Waals surface area contributed by atoms with Gasteiger partial charge in [-0.25, -0.2) is 10.2 Å². The molecule has 0 radical (unpaired) electrons. The van der Waals surface area contributed by atoms with Gasteiger partial charge in [0.05, 0.1) is 30.9 Å². The number of carbonyl (C=O) groups is 2. The van der Waals surface area contributed by atoms with Crippen molar-refractivity contribution in [3.63, 3.8) is 0 Å². The van der Waals surface area contributed by atoms with Gasteiger partial charge in [0.1, 0.15) is 5.56 Å². The summed E-state index contributed by atoms with van der Waals surface area (Å²) in [5.74, 6) is 1.31. The third kappa shape index (κ3) is 5.00. The molecule has 9 heteroatoms. The van der Waals surface area contributed by atoms with Crippen LogP contribution in [0.25, 0.3) is 6.20 Å². The van der Waals surface area contributed by atoms with Crippen molar-refractivity contribution in [3.05, 3.63) is 17.8 Å². The van der Waals surface area contributed by atoms with Crippen LogP contribution in [0.5, 0.6) is 5.88 Å². The van der Waals surface area contributed by atoms with Gasteiger partial charge in [-0.3, -0.25) is 14.4 Å². The molecule has 4 fully saturated rings. The summed E-state index contributed by atoms with van der Waals surface area (Å²) in [6.45, 7) is 8.01. The zero-order valence-corrected chi connectivity index (χ0v) is 20.8. The molecule has 1 aromatic rings. The first-order valence-electron chi connectivity index (χ1n) is 12.3. The average Bonchev–Trinajstić information content (AvgIpc) is 3.15.